The number of carbonyl (C=O) groups excluding carboxylic acids is 1. The summed E-state index contributed by atoms with van der Waals surface area (Å²) in [6.45, 7) is 5.69. The number of hydrogen-bond donors (Lipinski definition) is 1. The van der Waals surface area contributed by atoms with Crippen molar-refractivity contribution < 1.29 is 4.79 Å². The van der Waals surface area contributed by atoms with Gasteiger partial charge >= 0.3 is 0 Å². The van der Waals surface area contributed by atoms with Crippen LogP contribution in [0.2, 0.25) is 0 Å². The first-order chi connectivity index (χ1) is 11.0. The normalized spacial score (nSPS) is 12.7. The summed E-state index contributed by atoms with van der Waals surface area (Å²) < 4.78 is 3.18. The molecule has 7 nitrogen and oxygen atoms in total. The fourth-order valence-corrected chi connectivity index (χ4v) is 2.62. The van der Waals surface area contributed by atoms with Gasteiger partial charge in [0.25, 0.3) is 5.56 Å². The number of aromatic nitrogens is 4. The second-order valence-electron chi connectivity index (χ2n) is 5.66. The van der Waals surface area contributed by atoms with Gasteiger partial charge in [0.1, 0.15) is 12.4 Å². The fraction of sp³-hybridized carbons (Fsp3) is 0.375. The Bertz CT molecular complexity index is 941. The van der Waals surface area contributed by atoms with E-state index in [0.717, 1.165) is 11.9 Å². The minimum atomic E-state index is -0.316. The molecule has 1 amide bonds. The third-order valence-corrected chi connectivity index (χ3v) is 4.00. The lowest BCUT2D eigenvalue weighted by Crippen LogP contribution is -2.37. The SMILES string of the molecule is CCC(C)NC(=O)Cn1c(=O)c2nnc(C)n2c2ccccc21. The summed E-state index contributed by atoms with van der Waals surface area (Å²) in [7, 11) is 0. The molecule has 23 heavy (non-hydrogen) atoms. The summed E-state index contributed by atoms with van der Waals surface area (Å²) in [5.41, 5.74) is 1.41. The Morgan fingerprint density at radius 1 is 1.26 bits per heavy atom. The van der Waals surface area contributed by atoms with Gasteiger partial charge in [-0.3, -0.25) is 18.6 Å². The van der Waals surface area contributed by atoms with Gasteiger partial charge in [-0.15, -0.1) is 10.2 Å². The van der Waals surface area contributed by atoms with E-state index in [1.807, 2.05) is 38.1 Å². The maximum atomic E-state index is 12.7. The average molecular weight is 313 g/mol. The molecule has 0 bridgehead atoms. The number of nitrogens with one attached hydrogen (secondary N) is 1. The van der Waals surface area contributed by atoms with Crippen LogP contribution in [0.5, 0.6) is 0 Å². The van der Waals surface area contributed by atoms with Crippen LogP contribution >= 0.6 is 0 Å². The molecule has 3 aromatic rings. The molecule has 1 unspecified atom stereocenters. The van der Waals surface area contributed by atoms with Crippen molar-refractivity contribution in [3.05, 3.63) is 40.4 Å². The smallest absolute Gasteiger partial charge is 0.297 e. The lowest BCUT2D eigenvalue weighted by molar-refractivity contribution is -0.122. The van der Waals surface area contributed by atoms with Gasteiger partial charge in [0.2, 0.25) is 11.6 Å². The summed E-state index contributed by atoms with van der Waals surface area (Å²) in [4.78, 5) is 24.9. The maximum absolute atomic E-state index is 12.7. The Morgan fingerprint density at radius 2 is 1.96 bits per heavy atom. The lowest BCUT2D eigenvalue weighted by Gasteiger charge is -2.14. The van der Waals surface area contributed by atoms with Gasteiger partial charge in [0.15, 0.2) is 0 Å². The van der Waals surface area contributed by atoms with Crippen LogP contribution < -0.4 is 10.9 Å². The number of carbonyl (C=O) groups is 1. The standard InChI is InChI=1S/C16H19N5O2/c1-4-10(2)17-14(22)9-20-12-7-5-6-8-13(12)21-11(3)18-19-15(21)16(20)23/h5-8,10H,4,9H2,1-3H3,(H,17,22). The number of fused-ring (bicyclic) bond motifs is 3. The van der Waals surface area contributed by atoms with E-state index in [1.54, 1.807) is 11.3 Å². The number of aryl methyl sites for hydroxylation is 1. The van der Waals surface area contributed by atoms with E-state index in [2.05, 4.69) is 15.5 Å². The van der Waals surface area contributed by atoms with Crippen molar-refractivity contribution >= 4 is 22.6 Å². The number of rotatable bonds is 4. The van der Waals surface area contributed by atoms with Crippen LogP contribution in [0, 0.1) is 6.92 Å². The quantitative estimate of drug-likeness (QED) is 0.786. The molecule has 0 aliphatic rings. The van der Waals surface area contributed by atoms with Crippen LogP contribution in [0.15, 0.2) is 29.1 Å². The maximum Gasteiger partial charge on any atom is 0.297 e. The first kappa shape index (κ1) is 15.2. The molecule has 0 saturated carbocycles. The molecule has 0 aliphatic carbocycles. The van der Waals surface area contributed by atoms with Crippen LogP contribution in [0.25, 0.3) is 16.7 Å². The van der Waals surface area contributed by atoms with Gasteiger partial charge in [-0.25, -0.2) is 0 Å². The van der Waals surface area contributed by atoms with Crippen molar-refractivity contribution in [2.45, 2.75) is 39.8 Å². The van der Waals surface area contributed by atoms with E-state index in [4.69, 9.17) is 0 Å². The van der Waals surface area contributed by atoms with Crippen molar-refractivity contribution in [2.24, 2.45) is 0 Å². The molecule has 120 valence electrons. The summed E-state index contributed by atoms with van der Waals surface area (Å²) in [5.74, 6) is 0.455. The highest BCUT2D eigenvalue weighted by atomic mass is 16.2. The van der Waals surface area contributed by atoms with Gasteiger partial charge in [0, 0.05) is 6.04 Å². The highest BCUT2D eigenvalue weighted by Gasteiger charge is 2.16. The summed E-state index contributed by atoms with van der Waals surface area (Å²) in [6, 6.07) is 7.52. The zero-order valence-electron chi connectivity index (χ0n) is 13.4. The van der Waals surface area contributed by atoms with E-state index in [-0.39, 0.29) is 29.7 Å². The molecular formula is C16H19N5O2. The van der Waals surface area contributed by atoms with Crippen LogP contribution in [-0.4, -0.2) is 31.1 Å². The fourth-order valence-electron chi connectivity index (χ4n) is 2.62. The summed E-state index contributed by atoms with van der Waals surface area (Å²) >= 11 is 0. The van der Waals surface area contributed by atoms with E-state index in [9.17, 15) is 9.59 Å². The number of hydrogen-bond acceptors (Lipinski definition) is 4. The third-order valence-electron chi connectivity index (χ3n) is 4.00. The van der Waals surface area contributed by atoms with Crippen LogP contribution in [0.4, 0.5) is 0 Å². The van der Waals surface area contributed by atoms with Crippen LogP contribution in [-0.2, 0) is 11.3 Å². The second-order valence-corrected chi connectivity index (χ2v) is 5.66. The topological polar surface area (TPSA) is 81.3 Å². The van der Waals surface area contributed by atoms with Gasteiger partial charge in [-0.2, -0.15) is 0 Å². The van der Waals surface area contributed by atoms with Crippen molar-refractivity contribution in [2.75, 3.05) is 0 Å². The zero-order chi connectivity index (χ0) is 16.6. The number of benzene rings is 1. The van der Waals surface area contributed by atoms with Gasteiger partial charge < -0.3 is 5.32 Å². The van der Waals surface area contributed by atoms with Gasteiger partial charge in [0.05, 0.1) is 11.0 Å². The molecule has 0 fully saturated rings. The minimum absolute atomic E-state index is 0.0356. The van der Waals surface area contributed by atoms with Crippen LogP contribution in [0.3, 0.4) is 0 Å². The van der Waals surface area contributed by atoms with E-state index >= 15 is 0 Å². The van der Waals surface area contributed by atoms with Crippen molar-refractivity contribution in [3.8, 4) is 0 Å². The largest absolute Gasteiger partial charge is 0.352 e. The molecular weight excluding hydrogens is 294 g/mol. The van der Waals surface area contributed by atoms with E-state index < -0.39 is 0 Å². The summed E-state index contributed by atoms with van der Waals surface area (Å²) in [6.07, 6.45) is 0.837. The second kappa shape index (κ2) is 5.83. The Labute approximate surface area is 132 Å². The summed E-state index contributed by atoms with van der Waals surface area (Å²) in [5, 5.41) is 10.8. The average Bonchev–Trinajstić information content (AvgIpc) is 2.93. The Morgan fingerprint density at radius 3 is 2.65 bits per heavy atom. The molecule has 0 aliphatic heterocycles. The first-order valence-electron chi connectivity index (χ1n) is 7.65. The number of amides is 1. The number of para-hydroxylation sites is 2. The minimum Gasteiger partial charge on any atom is -0.352 e. The molecule has 0 saturated heterocycles. The first-order valence-corrected chi connectivity index (χ1v) is 7.65. The monoisotopic (exact) mass is 313 g/mol. The van der Waals surface area contributed by atoms with Crippen molar-refractivity contribution in [3.63, 3.8) is 0 Å². The molecule has 3 rings (SSSR count). The predicted molar refractivity (Wildman–Crippen MR) is 87.4 cm³/mol. The molecule has 2 aromatic heterocycles. The molecule has 1 aromatic carbocycles. The molecule has 1 atom stereocenters. The highest BCUT2D eigenvalue weighted by Crippen LogP contribution is 2.14. The molecule has 7 heteroatoms. The van der Waals surface area contributed by atoms with Crippen molar-refractivity contribution in [1.29, 1.82) is 0 Å². The Kier molecular flexibility index (Phi) is 3.85. The highest BCUT2D eigenvalue weighted by molar-refractivity contribution is 5.82. The van der Waals surface area contributed by atoms with Gasteiger partial charge in [-0.05, 0) is 32.4 Å². The van der Waals surface area contributed by atoms with Gasteiger partial charge in [-0.1, -0.05) is 19.1 Å². The lowest BCUT2D eigenvalue weighted by atomic mass is 10.2. The van der Waals surface area contributed by atoms with E-state index in [1.165, 1.54) is 4.57 Å². The zero-order valence-corrected chi connectivity index (χ0v) is 13.4. The third kappa shape index (κ3) is 2.58. The van der Waals surface area contributed by atoms with E-state index in [0.29, 0.717) is 11.3 Å². The number of nitrogens with zero attached hydrogens (tertiary/aromatic N) is 4. The molecule has 2 heterocycles. The Balaban J connectivity index is 2.17. The molecule has 0 radical (unpaired) electrons. The van der Waals surface area contributed by atoms with Crippen LogP contribution in [0.1, 0.15) is 26.1 Å². The van der Waals surface area contributed by atoms with Crippen molar-refractivity contribution in [1.82, 2.24) is 24.5 Å². The molecule has 0 spiro atoms. The molecule has 1 N–H and O–H groups in total. The Hall–Kier alpha value is -2.70. The predicted octanol–water partition coefficient (Wildman–Crippen LogP) is 1.27.